The van der Waals surface area contributed by atoms with E-state index in [1.54, 1.807) is 17.8 Å². The molecule has 7 nitrogen and oxygen atoms in total. The summed E-state index contributed by atoms with van der Waals surface area (Å²) >= 11 is 1.05. The molecule has 2 aromatic heterocycles. The molecule has 0 aromatic carbocycles. The molecule has 0 bridgehead atoms. The predicted octanol–water partition coefficient (Wildman–Crippen LogP) is 0.864. The van der Waals surface area contributed by atoms with E-state index in [0.717, 1.165) is 17.1 Å². The number of aromatic nitrogens is 3. The predicted molar refractivity (Wildman–Crippen MR) is 74.8 cm³/mol. The van der Waals surface area contributed by atoms with Crippen LogP contribution in [0.1, 0.15) is 12.5 Å². The van der Waals surface area contributed by atoms with Crippen LogP contribution in [0.25, 0.3) is 0 Å². The lowest BCUT2D eigenvalue weighted by atomic mass is 10.3. The van der Waals surface area contributed by atoms with E-state index < -0.39 is 9.84 Å². The van der Waals surface area contributed by atoms with Gasteiger partial charge in [0.25, 0.3) is 0 Å². The average molecular weight is 301 g/mol. The molecule has 19 heavy (non-hydrogen) atoms. The molecule has 0 saturated heterocycles. The molecule has 0 aliphatic rings. The lowest BCUT2D eigenvalue weighted by Crippen LogP contribution is -2.09. The Balaban J connectivity index is 2.22. The van der Waals surface area contributed by atoms with Gasteiger partial charge in [0.1, 0.15) is 9.90 Å². The van der Waals surface area contributed by atoms with Gasteiger partial charge in [-0.25, -0.2) is 8.42 Å². The summed E-state index contributed by atoms with van der Waals surface area (Å²) in [7, 11) is -1.56. The topological polar surface area (TPSA) is 103 Å². The van der Waals surface area contributed by atoms with Crippen LogP contribution in [0.4, 0.5) is 10.8 Å². The first kappa shape index (κ1) is 13.8. The number of hydrogen-bond donors (Lipinski definition) is 2. The Bertz CT molecular complexity index is 674. The summed E-state index contributed by atoms with van der Waals surface area (Å²) in [5.41, 5.74) is 6.59. The summed E-state index contributed by atoms with van der Waals surface area (Å²) in [4.78, 5) is 0.101. The van der Waals surface area contributed by atoms with Crippen LogP contribution < -0.4 is 11.1 Å². The van der Waals surface area contributed by atoms with E-state index in [1.165, 1.54) is 0 Å². The van der Waals surface area contributed by atoms with Crippen LogP contribution in [0, 0.1) is 0 Å². The third-order valence-electron chi connectivity index (χ3n) is 2.58. The van der Waals surface area contributed by atoms with Crippen LogP contribution in [0.2, 0.25) is 0 Å². The van der Waals surface area contributed by atoms with E-state index in [2.05, 4.69) is 14.8 Å². The SMILES string of the molecule is CCS(=O)(=O)c1c(N)nsc1NCc1cnn(C)c1. The fourth-order valence-electron chi connectivity index (χ4n) is 1.60. The van der Waals surface area contributed by atoms with Crippen molar-refractivity contribution in [2.75, 3.05) is 16.8 Å². The number of anilines is 2. The smallest absolute Gasteiger partial charge is 0.184 e. The molecule has 104 valence electrons. The maximum Gasteiger partial charge on any atom is 0.184 e. The molecule has 0 fully saturated rings. The van der Waals surface area contributed by atoms with E-state index >= 15 is 0 Å². The van der Waals surface area contributed by atoms with Crippen molar-refractivity contribution in [2.24, 2.45) is 7.05 Å². The minimum absolute atomic E-state index is 0.00279. The molecule has 0 atom stereocenters. The van der Waals surface area contributed by atoms with E-state index in [-0.39, 0.29) is 16.5 Å². The first-order valence-corrected chi connectivity index (χ1v) is 8.06. The van der Waals surface area contributed by atoms with Gasteiger partial charge in [0.2, 0.25) is 0 Å². The van der Waals surface area contributed by atoms with Crippen molar-refractivity contribution in [3.05, 3.63) is 18.0 Å². The molecular weight excluding hydrogens is 286 g/mol. The normalized spacial score (nSPS) is 11.7. The molecule has 2 aromatic rings. The maximum atomic E-state index is 11.9. The molecule has 9 heteroatoms. The standard InChI is InChI=1S/C10H15N5O2S2/c1-3-19(16,17)8-9(11)14-18-10(8)12-4-7-5-13-15(2)6-7/h5-6,12H,3-4H2,1-2H3,(H2,11,14). The number of nitrogens with zero attached hydrogens (tertiary/aromatic N) is 3. The summed E-state index contributed by atoms with van der Waals surface area (Å²) in [6, 6.07) is 0. The highest BCUT2D eigenvalue weighted by atomic mass is 32.2. The average Bonchev–Trinajstić information content (AvgIpc) is 2.93. The lowest BCUT2D eigenvalue weighted by molar-refractivity contribution is 0.598. The van der Waals surface area contributed by atoms with Gasteiger partial charge >= 0.3 is 0 Å². The zero-order chi connectivity index (χ0) is 14.0. The van der Waals surface area contributed by atoms with Crippen molar-refractivity contribution >= 4 is 32.2 Å². The Kier molecular flexibility index (Phi) is 3.76. The lowest BCUT2D eigenvalue weighted by Gasteiger charge is -2.05. The number of hydrogen-bond acceptors (Lipinski definition) is 7. The number of nitrogens with one attached hydrogen (secondary N) is 1. The molecule has 0 aliphatic heterocycles. The van der Waals surface area contributed by atoms with E-state index in [9.17, 15) is 8.42 Å². The molecule has 0 amide bonds. The van der Waals surface area contributed by atoms with Crippen molar-refractivity contribution in [1.82, 2.24) is 14.2 Å². The Morgan fingerprint density at radius 2 is 2.26 bits per heavy atom. The van der Waals surface area contributed by atoms with Crippen LogP contribution in [-0.4, -0.2) is 28.3 Å². The van der Waals surface area contributed by atoms with Crippen molar-refractivity contribution in [3.8, 4) is 0 Å². The monoisotopic (exact) mass is 301 g/mol. The highest BCUT2D eigenvalue weighted by Gasteiger charge is 2.23. The number of nitrogen functional groups attached to an aromatic ring is 1. The van der Waals surface area contributed by atoms with Crippen molar-refractivity contribution in [2.45, 2.75) is 18.4 Å². The molecule has 0 unspecified atom stereocenters. The van der Waals surface area contributed by atoms with Gasteiger partial charge < -0.3 is 11.1 Å². The van der Waals surface area contributed by atoms with Crippen LogP contribution in [0.15, 0.2) is 17.3 Å². The number of nitrogens with two attached hydrogens (primary N) is 1. The van der Waals surface area contributed by atoms with Crippen molar-refractivity contribution < 1.29 is 8.42 Å². The number of aryl methyl sites for hydroxylation is 1. The second kappa shape index (κ2) is 5.17. The summed E-state index contributed by atoms with van der Waals surface area (Å²) in [6.45, 7) is 2.05. The third-order valence-corrected chi connectivity index (χ3v) is 5.32. The highest BCUT2D eigenvalue weighted by Crippen LogP contribution is 2.32. The van der Waals surface area contributed by atoms with E-state index in [4.69, 9.17) is 5.73 Å². The fraction of sp³-hybridized carbons (Fsp3) is 0.400. The summed E-state index contributed by atoms with van der Waals surface area (Å²) in [5.74, 6) is 0.0533. The Morgan fingerprint density at radius 1 is 1.53 bits per heavy atom. The Morgan fingerprint density at radius 3 is 2.84 bits per heavy atom. The fourth-order valence-corrected chi connectivity index (χ4v) is 3.76. The largest absolute Gasteiger partial charge is 0.382 e. The van der Waals surface area contributed by atoms with Gasteiger partial charge in [0.05, 0.1) is 11.9 Å². The van der Waals surface area contributed by atoms with Gasteiger partial charge in [-0.05, 0) is 11.5 Å². The van der Waals surface area contributed by atoms with Gasteiger partial charge in [0.15, 0.2) is 15.7 Å². The van der Waals surface area contributed by atoms with Gasteiger partial charge in [-0.15, -0.1) is 0 Å². The zero-order valence-electron chi connectivity index (χ0n) is 10.6. The van der Waals surface area contributed by atoms with Crippen LogP contribution in [0.5, 0.6) is 0 Å². The minimum Gasteiger partial charge on any atom is -0.382 e. The second-order valence-electron chi connectivity index (χ2n) is 4.01. The van der Waals surface area contributed by atoms with Gasteiger partial charge in [-0.3, -0.25) is 4.68 Å². The second-order valence-corrected chi connectivity index (χ2v) is 6.99. The highest BCUT2D eigenvalue weighted by molar-refractivity contribution is 7.91. The first-order valence-electron chi connectivity index (χ1n) is 5.63. The number of sulfone groups is 1. The minimum atomic E-state index is -3.38. The molecule has 0 aliphatic carbocycles. The quantitative estimate of drug-likeness (QED) is 0.849. The van der Waals surface area contributed by atoms with Gasteiger partial charge in [-0.2, -0.15) is 9.47 Å². The molecular formula is C10H15N5O2S2. The van der Waals surface area contributed by atoms with E-state index in [1.807, 2.05) is 13.2 Å². The zero-order valence-corrected chi connectivity index (χ0v) is 12.3. The van der Waals surface area contributed by atoms with Crippen LogP contribution in [0.3, 0.4) is 0 Å². The van der Waals surface area contributed by atoms with Crippen LogP contribution in [-0.2, 0) is 23.4 Å². The molecule has 2 rings (SSSR count). The summed E-state index contributed by atoms with van der Waals surface area (Å²) < 4.78 is 29.5. The van der Waals surface area contributed by atoms with E-state index in [0.29, 0.717) is 11.5 Å². The van der Waals surface area contributed by atoms with Crippen LogP contribution >= 0.6 is 11.5 Å². The summed E-state index contributed by atoms with van der Waals surface area (Å²) in [5, 5.41) is 7.57. The molecule has 0 radical (unpaired) electrons. The first-order chi connectivity index (χ1) is 8.94. The molecule has 0 spiro atoms. The molecule has 0 saturated carbocycles. The molecule has 3 N–H and O–H groups in total. The van der Waals surface area contributed by atoms with Crippen molar-refractivity contribution in [3.63, 3.8) is 0 Å². The third kappa shape index (κ3) is 2.87. The number of rotatable bonds is 5. The Hall–Kier alpha value is -1.61. The Labute approximate surface area is 115 Å². The van der Waals surface area contributed by atoms with Gasteiger partial charge in [-0.1, -0.05) is 6.92 Å². The van der Waals surface area contributed by atoms with Crippen molar-refractivity contribution in [1.29, 1.82) is 0 Å². The van der Waals surface area contributed by atoms with Gasteiger partial charge in [0, 0.05) is 25.4 Å². The molecule has 2 heterocycles. The summed E-state index contributed by atoms with van der Waals surface area (Å²) in [6.07, 6.45) is 3.57. The maximum absolute atomic E-state index is 11.9.